The summed E-state index contributed by atoms with van der Waals surface area (Å²) in [6.45, 7) is 2.72. The number of carbonyl (C=O) groups excluding carboxylic acids is 1. The van der Waals surface area contributed by atoms with Gasteiger partial charge in [0, 0.05) is 13.1 Å². The van der Waals surface area contributed by atoms with Gasteiger partial charge in [0.05, 0.1) is 6.42 Å². The van der Waals surface area contributed by atoms with Gasteiger partial charge in [0.25, 0.3) is 0 Å². The van der Waals surface area contributed by atoms with E-state index in [0.717, 1.165) is 19.3 Å². The second kappa shape index (κ2) is 5.75. The van der Waals surface area contributed by atoms with Crippen LogP contribution in [0.5, 0.6) is 0 Å². The Morgan fingerprint density at radius 3 is 2.58 bits per heavy atom. The van der Waals surface area contributed by atoms with Gasteiger partial charge < -0.3 is 4.42 Å². The average Bonchev–Trinajstić information content (AvgIpc) is 2.75. The maximum Gasteiger partial charge on any atom is 0.303 e. The third-order valence-corrected chi connectivity index (χ3v) is 4.56. The van der Waals surface area contributed by atoms with Gasteiger partial charge >= 0.3 is 10.2 Å². The van der Waals surface area contributed by atoms with Crippen molar-refractivity contribution in [2.24, 2.45) is 0 Å². The number of aryl methyl sites for hydroxylation is 1. The molecule has 1 saturated heterocycles. The number of hydrogen-bond acceptors (Lipinski definition) is 4. The van der Waals surface area contributed by atoms with Crippen LogP contribution in [-0.4, -0.2) is 31.7 Å². The third-order valence-electron chi connectivity index (χ3n) is 3.03. The molecule has 0 saturated carbocycles. The number of nitrogens with zero attached hydrogens (tertiary/aromatic N) is 1. The van der Waals surface area contributed by atoms with E-state index in [2.05, 4.69) is 4.72 Å². The van der Waals surface area contributed by atoms with E-state index in [1.165, 1.54) is 4.31 Å². The van der Waals surface area contributed by atoms with E-state index in [1.807, 2.05) is 0 Å². The largest absolute Gasteiger partial charge is 0.466 e. The Bertz CT molecular complexity index is 544. The fourth-order valence-electron chi connectivity index (χ4n) is 2.09. The van der Waals surface area contributed by atoms with Gasteiger partial charge in [0.1, 0.15) is 11.5 Å². The molecule has 106 valence electrons. The first kappa shape index (κ1) is 14.1. The summed E-state index contributed by atoms with van der Waals surface area (Å²) in [5.41, 5.74) is 0. The van der Waals surface area contributed by atoms with Gasteiger partial charge in [-0.15, -0.1) is 0 Å². The van der Waals surface area contributed by atoms with Crippen molar-refractivity contribution in [2.45, 2.75) is 32.6 Å². The van der Waals surface area contributed by atoms with Crippen molar-refractivity contribution < 1.29 is 17.6 Å². The van der Waals surface area contributed by atoms with E-state index < -0.39 is 16.1 Å². The number of amides is 1. The lowest BCUT2D eigenvalue weighted by molar-refractivity contribution is -0.119. The number of nitrogens with one attached hydrogen (secondary N) is 1. The van der Waals surface area contributed by atoms with E-state index >= 15 is 0 Å². The summed E-state index contributed by atoms with van der Waals surface area (Å²) in [6, 6.07) is 3.41. The van der Waals surface area contributed by atoms with Gasteiger partial charge in [-0.25, -0.2) is 4.72 Å². The first-order chi connectivity index (χ1) is 8.97. The highest BCUT2D eigenvalue weighted by molar-refractivity contribution is 7.87. The van der Waals surface area contributed by atoms with Crippen molar-refractivity contribution in [1.29, 1.82) is 0 Å². The molecule has 1 aliphatic rings. The topological polar surface area (TPSA) is 79.6 Å². The van der Waals surface area contributed by atoms with E-state index in [0.29, 0.717) is 24.6 Å². The van der Waals surface area contributed by atoms with E-state index in [9.17, 15) is 13.2 Å². The van der Waals surface area contributed by atoms with Gasteiger partial charge in [-0.05, 0) is 31.9 Å². The number of hydrogen-bond donors (Lipinski definition) is 1. The fourth-order valence-corrected chi connectivity index (χ4v) is 3.32. The van der Waals surface area contributed by atoms with Crippen molar-refractivity contribution in [3.63, 3.8) is 0 Å². The molecule has 1 amide bonds. The highest BCUT2D eigenvalue weighted by Crippen LogP contribution is 2.12. The monoisotopic (exact) mass is 286 g/mol. The van der Waals surface area contributed by atoms with Crippen LogP contribution in [0.4, 0.5) is 0 Å². The fraction of sp³-hybridized carbons (Fsp3) is 0.583. The van der Waals surface area contributed by atoms with Crippen LogP contribution in [0.2, 0.25) is 0 Å². The zero-order chi connectivity index (χ0) is 13.9. The first-order valence-electron chi connectivity index (χ1n) is 6.33. The minimum Gasteiger partial charge on any atom is -0.466 e. The zero-order valence-electron chi connectivity index (χ0n) is 10.9. The maximum atomic E-state index is 12.0. The summed E-state index contributed by atoms with van der Waals surface area (Å²) >= 11 is 0. The molecule has 0 atom stereocenters. The van der Waals surface area contributed by atoms with E-state index in [4.69, 9.17) is 4.42 Å². The van der Waals surface area contributed by atoms with Gasteiger partial charge in [-0.1, -0.05) is 6.42 Å². The predicted octanol–water partition coefficient (Wildman–Crippen LogP) is 0.977. The molecule has 2 heterocycles. The molecule has 7 heteroatoms. The Morgan fingerprint density at radius 1 is 1.32 bits per heavy atom. The average molecular weight is 286 g/mol. The minimum absolute atomic E-state index is 0.0685. The Kier molecular flexibility index (Phi) is 4.26. The summed E-state index contributed by atoms with van der Waals surface area (Å²) in [7, 11) is -3.70. The highest BCUT2D eigenvalue weighted by Gasteiger charge is 2.25. The lowest BCUT2D eigenvalue weighted by Gasteiger charge is -2.25. The number of carbonyl (C=O) groups is 1. The van der Waals surface area contributed by atoms with Crippen LogP contribution in [0.25, 0.3) is 0 Å². The number of piperidine rings is 1. The van der Waals surface area contributed by atoms with Crippen LogP contribution in [0, 0.1) is 6.92 Å². The molecule has 0 bridgehead atoms. The maximum absolute atomic E-state index is 12.0. The van der Waals surface area contributed by atoms with Crippen molar-refractivity contribution in [2.75, 3.05) is 13.1 Å². The molecule has 0 aromatic carbocycles. The molecule has 2 rings (SSSR count). The molecule has 6 nitrogen and oxygen atoms in total. The lowest BCUT2D eigenvalue weighted by Crippen LogP contribution is -2.46. The molecule has 0 unspecified atom stereocenters. The summed E-state index contributed by atoms with van der Waals surface area (Å²) in [6.07, 6.45) is 2.64. The van der Waals surface area contributed by atoms with Crippen LogP contribution in [0.15, 0.2) is 16.5 Å². The summed E-state index contributed by atoms with van der Waals surface area (Å²) in [5, 5.41) is 0. The van der Waals surface area contributed by atoms with Crippen molar-refractivity contribution in [3.05, 3.63) is 23.7 Å². The quantitative estimate of drug-likeness (QED) is 0.894. The van der Waals surface area contributed by atoms with Gasteiger partial charge in [0.2, 0.25) is 5.91 Å². The van der Waals surface area contributed by atoms with Crippen LogP contribution in [0.3, 0.4) is 0 Å². The molecule has 0 radical (unpaired) electrons. The van der Waals surface area contributed by atoms with Crippen molar-refractivity contribution in [1.82, 2.24) is 9.03 Å². The molecule has 1 N–H and O–H groups in total. The highest BCUT2D eigenvalue weighted by atomic mass is 32.2. The molecular formula is C12H18N2O4S. The number of rotatable bonds is 4. The molecule has 1 aromatic heterocycles. The zero-order valence-corrected chi connectivity index (χ0v) is 11.7. The van der Waals surface area contributed by atoms with Gasteiger partial charge in [-0.2, -0.15) is 12.7 Å². The molecule has 19 heavy (non-hydrogen) atoms. The molecule has 1 aromatic rings. The summed E-state index contributed by atoms with van der Waals surface area (Å²) in [4.78, 5) is 11.7. The standard InChI is InChI=1S/C12H18N2O4S/c1-10-5-6-11(18-10)9-12(15)13-19(16,17)14-7-3-2-4-8-14/h5-6H,2-4,7-9H2,1H3,(H,13,15). The summed E-state index contributed by atoms with van der Waals surface area (Å²) < 4.78 is 32.6. The Balaban J connectivity index is 1.93. The smallest absolute Gasteiger partial charge is 0.303 e. The lowest BCUT2D eigenvalue weighted by atomic mass is 10.2. The predicted molar refractivity (Wildman–Crippen MR) is 69.6 cm³/mol. The first-order valence-corrected chi connectivity index (χ1v) is 7.77. The van der Waals surface area contributed by atoms with Crippen molar-refractivity contribution in [3.8, 4) is 0 Å². The van der Waals surface area contributed by atoms with Crippen LogP contribution in [-0.2, 0) is 21.4 Å². The molecule has 0 aliphatic carbocycles. The second-order valence-corrected chi connectivity index (χ2v) is 6.35. The number of furan rings is 1. The SMILES string of the molecule is Cc1ccc(CC(=O)NS(=O)(=O)N2CCCCC2)o1. The van der Waals surface area contributed by atoms with E-state index in [1.54, 1.807) is 19.1 Å². The normalized spacial score (nSPS) is 17.3. The third kappa shape index (κ3) is 3.81. The van der Waals surface area contributed by atoms with Crippen LogP contribution in [0.1, 0.15) is 30.8 Å². The van der Waals surface area contributed by atoms with Gasteiger partial charge in [-0.3, -0.25) is 4.79 Å². The Labute approximate surface area is 113 Å². The van der Waals surface area contributed by atoms with Crippen molar-refractivity contribution >= 4 is 16.1 Å². The van der Waals surface area contributed by atoms with Crippen LogP contribution >= 0.6 is 0 Å². The minimum atomic E-state index is -3.70. The summed E-state index contributed by atoms with van der Waals surface area (Å²) in [5.74, 6) is 0.588. The molecule has 0 spiro atoms. The van der Waals surface area contributed by atoms with E-state index in [-0.39, 0.29) is 6.42 Å². The van der Waals surface area contributed by atoms with Crippen LogP contribution < -0.4 is 4.72 Å². The molecule has 1 fully saturated rings. The second-order valence-electron chi connectivity index (χ2n) is 4.68. The molecular weight excluding hydrogens is 268 g/mol. The van der Waals surface area contributed by atoms with Gasteiger partial charge in [0.15, 0.2) is 0 Å². The Hall–Kier alpha value is -1.34. The Morgan fingerprint density at radius 2 is 2.00 bits per heavy atom. The molecule has 1 aliphatic heterocycles.